The van der Waals surface area contributed by atoms with E-state index < -0.39 is 0 Å². The zero-order valence-corrected chi connectivity index (χ0v) is 11.8. The molecule has 3 aromatic rings. The lowest BCUT2D eigenvalue weighted by Gasteiger charge is -2.10. The van der Waals surface area contributed by atoms with Gasteiger partial charge in [-0.3, -0.25) is 4.79 Å². The van der Waals surface area contributed by atoms with E-state index in [-0.39, 0.29) is 22.7 Å². The Balaban J connectivity index is 2.35. The molecule has 0 spiro atoms. The van der Waals surface area contributed by atoms with Crippen molar-refractivity contribution >= 4 is 22.6 Å². The SMILES string of the molecule is COc1c(O)cccc1-c1cc(=O)c2cccc(Cl)c2o1. The summed E-state index contributed by atoms with van der Waals surface area (Å²) in [6, 6.07) is 11.2. The number of ether oxygens (including phenoxy) is 1. The van der Waals surface area contributed by atoms with Crippen LogP contribution in [-0.2, 0) is 0 Å². The summed E-state index contributed by atoms with van der Waals surface area (Å²) >= 11 is 6.08. The summed E-state index contributed by atoms with van der Waals surface area (Å²) in [4.78, 5) is 12.2. The summed E-state index contributed by atoms with van der Waals surface area (Å²) in [5.41, 5.74) is 0.586. The Morgan fingerprint density at radius 2 is 1.95 bits per heavy atom. The van der Waals surface area contributed by atoms with Crippen molar-refractivity contribution in [3.8, 4) is 22.8 Å². The van der Waals surface area contributed by atoms with Crippen molar-refractivity contribution < 1.29 is 14.3 Å². The summed E-state index contributed by atoms with van der Waals surface area (Å²) < 4.78 is 10.9. The summed E-state index contributed by atoms with van der Waals surface area (Å²) in [6.07, 6.45) is 0. The van der Waals surface area contributed by atoms with Gasteiger partial charge in [0.2, 0.25) is 0 Å². The molecule has 0 unspecified atom stereocenters. The van der Waals surface area contributed by atoms with Crippen LogP contribution in [0.5, 0.6) is 11.5 Å². The first-order valence-electron chi connectivity index (χ1n) is 6.20. The second-order valence-electron chi connectivity index (χ2n) is 4.45. The second-order valence-corrected chi connectivity index (χ2v) is 4.86. The van der Waals surface area contributed by atoms with Crippen LogP contribution >= 0.6 is 11.6 Å². The van der Waals surface area contributed by atoms with Crippen LogP contribution in [0.25, 0.3) is 22.3 Å². The van der Waals surface area contributed by atoms with Crippen molar-refractivity contribution in [2.45, 2.75) is 0 Å². The molecule has 0 aliphatic heterocycles. The van der Waals surface area contributed by atoms with Crippen LogP contribution in [-0.4, -0.2) is 12.2 Å². The van der Waals surface area contributed by atoms with Crippen LogP contribution in [0.4, 0.5) is 0 Å². The highest BCUT2D eigenvalue weighted by molar-refractivity contribution is 6.34. The lowest BCUT2D eigenvalue weighted by Crippen LogP contribution is -2.01. The van der Waals surface area contributed by atoms with E-state index in [1.165, 1.54) is 19.2 Å². The van der Waals surface area contributed by atoms with E-state index in [1.54, 1.807) is 30.3 Å². The first-order chi connectivity index (χ1) is 10.1. The molecule has 2 aromatic carbocycles. The van der Waals surface area contributed by atoms with Crippen molar-refractivity contribution in [1.82, 2.24) is 0 Å². The Labute approximate surface area is 125 Å². The number of hydrogen-bond acceptors (Lipinski definition) is 4. The normalized spacial score (nSPS) is 10.8. The van der Waals surface area contributed by atoms with Gasteiger partial charge in [0.25, 0.3) is 0 Å². The maximum absolute atomic E-state index is 12.2. The lowest BCUT2D eigenvalue weighted by atomic mass is 10.1. The van der Waals surface area contributed by atoms with Crippen molar-refractivity contribution in [3.63, 3.8) is 0 Å². The number of rotatable bonds is 2. The molecule has 0 atom stereocenters. The van der Waals surface area contributed by atoms with E-state index in [1.807, 2.05) is 0 Å². The molecule has 0 radical (unpaired) electrons. The number of aromatic hydroxyl groups is 1. The van der Waals surface area contributed by atoms with Gasteiger partial charge in [0.05, 0.1) is 23.1 Å². The molecule has 0 fully saturated rings. The molecule has 0 saturated carbocycles. The van der Waals surface area contributed by atoms with E-state index >= 15 is 0 Å². The Hall–Kier alpha value is -2.46. The highest BCUT2D eigenvalue weighted by Crippen LogP contribution is 2.37. The Morgan fingerprint density at radius 1 is 1.19 bits per heavy atom. The number of benzene rings is 2. The summed E-state index contributed by atoms with van der Waals surface area (Å²) in [5.74, 6) is 0.498. The van der Waals surface area contributed by atoms with Crippen LogP contribution in [0.2, 0.25) is 5.02 Å². The van der Waals surface area contributed by atoms with Crippen LogP contribution < -0.4 is 10.2 Å². The van der Waals surface area contributed by atoms with E-state index in [9.17, 15) is 9.90 Å². The Kier molecular flexibility index (Phi) is 3.31. The number of fused-ring (bicyclic) bond motifs is 1. The minimum Gasteiger partial charge on any atom is -0.504 e. The fourth-order valence-corrected chi connectivity index (χ4v) is 2.42. The van der Waals surface area contributed by atoms with E-state index in [0.29, 0.717) is 21.6 Å². The Morgan fingerprint density at radius 3 is 2.71 bits per heavy atom. The predicted octanol–water partition coefficient (Wildman–Crippen LogP) is 3.83. The fraction of sp³-hybridized carbons (Fsp3) is 0.0625. The van der Waals surface area contributed by atoms with Crippen LogP contribution in [0.3, 0.4) is 0 Å². The van der Waals surface area contributed by atoms with Gasteiger partial charge in [-0.25, -0.2) is 0 Å². The van der Waals surface area contributed by atoms with E-state index in [2.05, 4.69) is 0 Å². The molecular formula is C16H11ClO4. The molecule has 0 bridgehead atoms. The van der Waals surface area contributed by atoms with Gasteiger partial charge in [0.15, 0.2) is 22.5 Å². The van der Waals surface area contributed by atoms with Crippen molar-refractivity contribution in [2.24, 2.45) is 0 Å². The minimum absolute atomic E-state index is 0.0306. The zero-order valence-electron chi connectivity index (χ0n) is 11.1. The molecule has 1 aromatic heterocycles. The average molecular weight is 303 g/mol. The number of hydrogen-bond donors (Lipinski definition) is 1. The van der Waals surface area contributed by atoms with Crippen LogP contribution in [0.15, 0.2) is 51.7 Å². The molecule has 1 heterocycles. The second kappa shape index (κ2) is 5.14. The zero-order chi connectivity index (χ0) is 15.0. The number of phenols is 1. The summed E-state index contributed by atoms with van der Waals surface area (Å²) in [5, 5.41) is 10.6. The van der Waals surface area contributed by atoms with Gasteiger partial charge >= 0.3 is 0 Å². The molecule has 1 N–H and O–H groups in total. The quantitative estimate of drug-likeness (QED) is 0.781. The van der Waals surface area contributed by atoms with Gasteiger partial charge < -0.3 is 14.3 Å². The Bertz CT molecular complexity index is 883. The molecule has 0 aliphatic carbocycles. The minimum atomic E-state index is -0.209. The number of methoxy groups -OCH3 is 1. The molecule has 5 heteroatoms. The van der Waals surface area contributed by atoms with Gasteiger partial charge in [0, 0.05) is 6.07 Å². The average Bonchev–Trinajstić information content (AvgIpc) is 2.48. The third kappa shape index (κ3) is 2.23. The molecule has 3 rings (SSSR count). The standard InChI is InChI=1S/C16H11ClO4/c1-20-16-10(5-3-7-12(16)18)14-8-13(19)9-4-2-6-11(17)15(9)21-14/h2-8,18H,1H3. The highest BCUT2D eigenvalue weighted by Gasteiger charge is 2.15. The maximum Gasteiger partial charge on any atom is 0.193 e. The lowest BCUT2D eigenvalue weighted by molar-refractivity contribution is 0.374. The van der Waals surface area contributed by atoms with Crippen molar-refractivity contribution in [2.75, 3.05) is 7.11 Å². The summed E-state index contributed by atoms with van der Waals surface area (Å²) in [7, 11) is 1.44. The van der Waals surface area contributed by atoms with E-state index in [4.69, 9.17) is 20.8 Å². The van der Waals surface area contributed by atoms with Gasteiger partial charge in [-0.2, -0.15) is 0 Å². The monoisotopic (exact) mass is 302 g/mol. The van der Waals surface area contributed by atoms with Gasteiger partial charge in [-0.1, -0.05) is 23.7 Å². The first kappa shape index (κ1) is 13.5. The molecular weight excluding hydrogens is 292 g/mol. The topological polar surface area (TPSA) is 59.7 Å². The van der Waals surface area contributed by atoms with Gasteiger partial charge in [0.1, 0.15) is 5.76 Å². The van der Waals surface area contributed by atoms with Crippen LogP contribution in [0, 0.1) is 0 Å². The van der Waals surface area contributed by atoms with Crippen molar-refractivity contribution in [1.29, 1.82) is 0 Å². The number of phenolic OH excluding ortho intramolecular Hbond substituents is 1. The molecule has 0 aliphatic rings. The summed E-state index contributed by atoms with van der Waals surface area (Å²) in [6.45, 7) is 0. The van der Waals surface area contributed by atoms with Crippen LogP contribution in [0.1, 0.15) is 0 Å². The molecule has 106 valence electrons. The first-order valence-corrected chi connectivity index (χ1v) is 6.58. The third-order valence-corrected chi connectivity index (χ3v) is 3.47. The van der Waals surface area contributed by atoms with Gasteiger partial charge in [-0.15, -0.1) is 0 Å². The predicted molar refractivity (Wildman–Crippen MR) is 81.1 cm³/mol. The highest BCUT2D eigenvalue weighted by atomic mass is 35.5. The molecule has 21 heavy (non-hydrogen) atoms. The smallest absolute Gasteiger partial charge is 0.193 e. The van der Waals surface area contributed by atoms with Crippen molar-refractivity contribution in [3.05, 3.63) is 57.7 Å². The maximum atomic E-state index is 12.2. The largest absolute Gasteiger partial charge is 0.504 e. The number of halogens is 1. The number of para-hydroxylation sites is 2. The fourth-order valence-electron chi connectivity index (χ4n) is 2.21. The van der Waals surface area contributed by atoms with E-state index in [0.717, 1.165) is 0 Å². The molecule has 4 nitrogen and oxygen atoms in total. The molecule has 0 amide bonds. The third-order valence-electron chi connectivity index (χ3n) is 3.17. The molecule has 0 saturated heterocycles. The van der Waals surface area contributed by atoms with Gasteiger partial charge in [-0.05, 0) is 24.3 Å².